The first-order valence-corrected chi connectivity index (χ1v) is 5.86. The first-order valence-electron chi connectivity index (χ1n) is 5.48. The van der Waals surface area contributed by atoms with Gasteiger partial charge in [0.25, 0.3) is 0 Å². The van der Waals surface area contributed by atoms with Gasteiger partial charge in [-0.15, -0.1) is 0 Å². The van der Waals surface area contributed by atoms with Gasteiger partial charge in [-0.05, 0) is 19.1 Å². The molecule has 19 heavy (non-hydrogen) atoms. The predicted molar refractivity (Wildman–Crippen MR) is 70.3 cm³/mol. The minimum absolute atomic E-state index is 0.191. The molecule has 0 N–H and O–H groups in total. The summed E-state index contributed by atoms with van der Waals surface area (Å²) in [5, 5.41) is -0.204. The Bertz CT molecular complexity index is 574. The second-order valence-corrected chi connectivity index (χ2v) is 4.20. The van der Waals surface area contributed by atoms with Gasteiger partial charge in [-0.25, -0.2) is 14.4 Å². The minimum Gasteiger partial charge on any atom is -0.497 e. The lowest BCUT2D eigenvalue weighted by Crippen LogP contribution is -1.98. The highest BCUT2D eigenvalue weighted by atomic mass is 35.5. The van der Waals surface area contributed by atoms with Crippen molar-refractivity contribution in [2.75, 3.05) is 14.2 Å². The number of rotatable bonds is 3. The van der Waals surface area contributed by atoms with E-state index in [4.69, 9.17) is 21.1 Å². The Labute approximate surface area is 115 Å². The van der Waals surface area contributed by atoms with Crippen molar-refractivity contribution in [2.45, 2.75) is 6.92 Å². The van der Waals surface area contributed by atoms with Crippen molar-refractivity contribution in [3.63, 3.8) is 0 Å². The summed E-state index contributed by atoms with van der Waals surface area (Å²) in [5.74, 6) is 0.897. The Morgan fingerprint density at radius 3 is 2.11 bits per heavy atom. The van der Waals surface area contributed by atoms with E-state index in [1.807, 2.05) is 0 Å². The van der Waals surface area contributed by atoms with E-state index in [0.717, 1.165) is 0 Å². The molecule has 0 saturated carbocycles. The summed E-state index contributed by atoms with van der Waals surface area (Å²) in [6.07, 6.45) is 0. The highest BCUT2D eigenvalue weighted by Crippen LogP contribution is 2.29. The molecular weight excluding hydrogens is 271 g/mol. The Balaban J connectivity index is 2.58. The fourth-order valence-corrected chi connectivity index (χ4v) is 1.81. The number of aryl methyl sites for hydroxylation is 1. The van der Waals surface area contributed by atoms with Crippen LogP contribution in [0, 0.1) is 12.7 Å². The number of hydrogen-bond donors (Lipinski definition) is 0. The van der Waals surface area contributed by atoms with Gasteiger partial charge < -0.3 is 9.47 Å². The van der Waals surface area contributed by atoms with Gasteiger partial charge in [0.2, 0.25) is 0 Å². The van der Waals surface area contributed by atoms with Crippen molar-refractivity contribution in [3.8, 4) is 22.9 Å². The molecule has 0 unspecified atom stereocenters. The summed E-state index contributed by atoms with van der Waals surface area (Å²) in [6.45, 7) is 1.53. The molecule has 100 valence electrons. The van der Waals surface area contributed by atoms with Crippen LogP contribution in [0.25, 0.3) is 11.4 Å². The lowest BCUT2D eigenvalue weighted by Gasteiger charge is -2.08. The molecule has 1 heterocycles. The molecule has 4 nitrogen and oxygen atoms in total. The van der Waals surface area contributed by atoms with Gasteiger partial charge in [0.05, 0.1) is 19.9 Å². The van der Waals surface area contributed by atoms with Gasteiger partial charge in [-0.2, -0.15) is 0 Å². The molecule has 0 radical (unpaired) electrons. The number of hydrogen-bond acceptors (Lipinski definition) is 4. The topological polar surface area (TPSA) is 44.2 Å². The maximum absolute atomic E-state index is 13.4. The lowest BCUT2D eigenvalue weighted by molar-refractivity contribution is 0.394. The summed E-state index contributed by atoms with van der Waals surface area (Å²) in [5.41, 5.74) is 0.831. The van der Waals surface area contributed by atoms with E-state index in [1.165, 1.54) is 6.92 Å². The van der Waals surface area contributed by atoms with E-state index in [2.05, 4.69) is 9.97 Å². The lowest BCUT2D eigenvalue weighted by atomic mass is 10.2. The molecule has 0 aliphatic heterocycles. The molecule has 0 fully saturated rings. The van der Waals surface area contributed by atoms with E-state index >= 15 is 0 Å². The van der Waals surface area contributed by atoms with Crippen LogP contribution in [0.2, 0.25) is 5.15 Å². The van der Waals surface area contributed by atoms with Crippen molar-refractivity contribution in [2.24, 2.45) is 0 Å². The van der Waals surface area contributed by atoms with Crippen molar-refractivity contribution in [3.05, 3.63) is 34.9 Å². The molecule has 2 aromatic rings. The van der Waals surface area contributed by atoms with Crippen molar-refractivity contribution in [1.29, 1.82) is 0 Å². The number of methoxy groups -OCH3 is 2. The van der Waals surface area contributed by atoms with Gasteiger partial charge in [-0.3, -0.25) is 0 Å². The maximum Gasteiger partial charge on any atom is 0.181 e. The monoisotopic (exact) mass is 282 g/mol. The van der Waals surface area contributed by atoms with Gasteiger partial charge in [0, 0.05) is 11.6 Å². The van der Waals surface area contributed by atoms with E-state index in [-0.39, 0.29) is 10.8 Å². The van der Waals surface area contributed by atoms with Gasteiger partial charge >= 0.3 is 0 Å². The highest BCUT2D eigenvalue weighted by molar-refractivity contribution is 6.29. The standard InChI is InChI=1S/C13H12ClFN2O2/c1-7-11(15)12(14)17-13(16-7)8-4-9(18-2)6-10(5-8)19-3/h4-6H,1-3H3. The van der Waals surface area contributed by atoms with Crippen LogP contribution in [-0.2, 0) is 0 Å². The third-order valence-corrected chi connectivity index (χ3v) is 2.84. The van der Waals surface area contributed by atoms with Crippen LogP contribution in [0.3, 0.4) is 0 Å². The molecule has 0 saturated heterocycles. The first kappa shape index (κ1) is 13.5. The Morgan fingerprint density at radius 1 is 1.05 bits per heavy atom. The molecule has 0 atom stereocenters. The Morgan fingerprint density at radius 2 is 1.63 bits per heavy atom. The Hall–Kier alpha value is -1.88. The van der Waals surface area contributed by atoms with Gasteiger partial charge in [0.15, 0.2) is 16.8 Å². The van der Waals surface area contributed by atoms with Crippen LogP contribution >= 0.6 is 11.6 Å². The fourth-order valence-electron chi connectivity index (χ4n) is 1.59. The number of ether oxygens (including phenoxy) is 2. The normalized spacial score (nSPS) is 10.4. The van der Waals surface area contributed by atoms with E-state index in [0.29, 0.717) is 22.9 Å². The van der Waals surface area contributed by atoms with E-state index in [1.54, 1.807) is 32.4 Å². The SMILES string of the molecule is COc1cc(OC)cc(-c2nc(C)c(F)c(Cl)n2)c1. The van der Waals surface area contributed by atoms with Gasteiger partial charge in [0.1, 0.15) is 11.5 Å². The molecule has 0 aliphatic rings. The summed E-state index contributed by atoms with van der Waals surface area (Å²) in [4.78, 5) is 8.00. The van der Waals surface area contributed by atoms with Crippen LogP contribution in [-0.4, -0.2) is 24.2 Å². The molecule has 0 aliphatic carbocycles. The largest absolute Gasteiger partial charge is 0.497 e. The summed E-state index contributed by atoms with van der Waals surface area (Å²) >= 11 is 5.73. The number of halogens is 2. The first-order chi connectivity index (χ1) is 9.05. The van der Waals surface area contributed by atoms with Gasteiger partial charge in [-0.1, -0.05) is 11.6 Å². The Kier molecular flexibility index (Phi) is 3.85. The average Bonchev–Trinajstić information content (AvgIpc) is 2.43. The van der Waals surface area contributed by atoms with Crippen molar-refractivity contribution in [1.82, 2.24) is 9.97 Å². The predicted octanol–water partition coefficient (Wildman–Crippen LogP) is 3.26. The van der Waals surface area contributed by atoms with Crippen LogP contribution in [0.1, 0.15) is 5.69 Å². The third-order valence-electron chi connectivity index (χ3n) is 2.59. The van der Waals surface area contributed by atoms with E-state index < -0.39 is 5.82 Å². The van der Waals surface area contributed by atoms with Crippen LogP contribution in [0.4, 0.5) is 4.39 Å². The molecule has 2 rings (SSSR count). The quantitative estimate of drug-likeness (QED) is 0.811. The molecule has 1 aromatic heterocycles. The smallest absolute Gasteiger partial charge is 0.181 e. The van der Waals surface area contributed by atoms with Crippen LogP contribution < -0.4 is 9.47 Å². The summed E-state index contributed by atoms with van der Waals surface area (Å²) in [6, 6.07) is 5.18. The number of aromatic nitrogens is 2. The molecule has 0 bridgehead atoms. The third kappa shape index (κ3) is 2.76. The van der Waals surface area contributed by atoms with Crippen molar-refractivity contribution < 1.29 is 13.9 Å². The molecule has 1 aromatic carbocycles. The average molecular weight is 283 g/mol. The fraction of sp³-hybridized carbons (Fsp3) is 0.231. The maximum atomic E-state index is 13.4. The minimum atomic E-state index is -0.611. The zero-order valence-corrected chi connectivity index (χ0v) is 11.5. The number of nitrogens with zero attached hydrogens (tertiary/aromatic N) is 2. The van der Waals surface area contributed by atoms with Crippen LogP contribution in [0.5, 0.6) is 11.5 Å². The highest BCUT2D eigenvalue weighted by Gasteiger charge is 2.12. The zero-order chi connectivity index (χ0) is 14.0. The summed E-state index contributed by atoms with van der Waals surface area (Å²) in [7, 11) is 3.09. The molecule has 6 heteroatoms. The second-order valence-electron chi connectivity index (χ2n) is 3.84. The van der Waals surface area contributed by atoms with Crippen molar-refractivity contribution >= 4 is 11.6 Å². The second kappa shape index (κ2) is 5.40. The molecular formula is C13H12ClFN2O2. The number of benzene rings is 1. The summed E-state index contributed by atoms with van der Waals surface area (Å²) < 4.78 is 23.7. The molecule has 0 amide bonds. The van der Waals surface area contributed by atoms with E-state index in [9.17, 15) is 4.39 Å². The molecule has 0 spiro atoms. The van der Waals surface area contributed by atoms with Crippen LogP contribution in [0.15, 0.2) is 18.2 Å². The zero-order valence-electron chi connectivity index (χ0n) is 10.7.